The monoisotopic (exact) mass is 353 g/mol. The summed E-state index contributed by atoms with van der Waals surface area (Å²) in [6.45, 7) is 3.29. The van der Waals surface area contributed by atoms with Gasteiger partial charge in [0.25, 0.3) is 10.0 Å². The van der Waals surface area contributed by atoms with Crippen LogP contribution in [0.1, 0.15) is 26.2 Å². The number of hydrogen-bond acceptors (Lipinski definition) is 4. The minimum atomic E-state index is -3.73. The minimum absolute atomic E-state index is 0.0200. The fourth-order valence-electron chi connectivity index (χ4n) is 2.32. The maximum absolute atomic E-state index is 12.3. The number of sulfonamides is 1. The van der Waals surface area contributed by atoms with Crippen LogP contribution in [0.15, 0.2) is 33.6 Å². The molecule has 132 valence electrons. The van der Waals surface area contributed by atoms with E-state index < -0.39 is 10.0 Å². The molecule has 24 heavy (non-hydrogen) atoms. The molecule has 0 unspecified atom stereocenters. The summed E-state index contributed by atoms with van der Waals surface area (Å²) < 4.78 is 33.7. The molecule has 2 rings (SSSR count). The first-order valence-corrected chi connectivity index (χ1v) is 9.39. The number of hydrogen-bond donors (Lipinski definition) is 1. The number of carbonyl (C=O) groups excluding carboxylic acids is 1. The number of ether oxygens (including phenoxy) is 1. The molecule has 0 radical (unpaired) electrons. The lowest BCUT2D eigenvalue weighted by atomic mass is 10.3. The van der Waals surface area contributed by atoms with Crippen LogP contribution < -0.4 is 5.32 Å². The highest BCUT2D eigenvalue weighted by Crippen LogP contribution is 2.19. The summed E-state index contributed by atoms with van der Waals surface area (Å²) in [5, 5.41) is 2.66. The van der Waals surface area contributed by atoms with Gasteiger partial charge in [0.2, 0.25) is 5.91 Å². The third-order valence-electron chi connectivity index (χ3n) is 3.58. The lowest BCUT2D eigenvalue weighted by Gasteiger charge is -2.11. The molecule has 7 nitrogen and oxygen atoms in total. The molecule has 0 aromatic heterocycles. The zero-order valence-electron chi connectivity index (χ0n) is 14.0. The Bertz CT molecular complexity index is 699. The smallest absolute Gasteiger partial charge is 0.283 e. The largest absolute Gasteiger partial charge is 0.372 e. The Morgan fingerprint density at radius 3 is 2.62 bits per heavy atom. The maximum Gasteiger partial charge on any atom is 0.283 e. The van der Waals surface area contributed by atoms with Gasteiger partial charge in [0.05, 0.1) is 4.90 Å². The Morgan fingerprint density at radius 1 is 1.33 bits per heavy atom. The first kappa shape index (κ1) is 18.4. The van der Waals surface area contributed by atoms with Crippen molar-refractivity contribution in [2.24, 2.45) is 4.40 Å². The molecule has 0 bridgehead atoms. The molecular weight excluding hydrogens is 330 g/mol. The SMILES string of the molecule is CCCOCC(=O)Nc1ccc(S(=O)(=O)/N=C2/CCCN2C)cc1. The van der Waals surface area contributed by atoms with Crippen molar-refractivity contribution in [1.29, 1.82) is 0 Å². The van der Waals surface area contributed by atoms with Crippen molar-refractivity contribution in [1.82, 2.24) is 4.90 Å². The van der Waals surface area contributed by atoms with Gasteiger partial charge >= 0.3 is 0 Å². The van der Waals surface area contributed by atoms with E-state index in [1.807, 2.05) is 18.9 Å². The summed E-state index contributed by atoms with van der Waals surface area (Å²) in [6.07, 6.45) is 2.43. The summed E-state index contributed by atoms with van der Waals surface area (Å²) >= 11 is 0. The van der Waals surface area contributed by atoms with E-state index in [0.717, 1.165) is 19.4 Å². The minimum Gasteiger partial charge on any atom is -0.372 e. The molecule has 1 aromatic rings. The lowest BCUT2D eigenvalue weighted by Crippen LogP contribution is -2.20. The number of nitrogens with zero attached hydrogens (tertiary/aromatic N) is 2. The summed E-state index contributed by atoms with van der Waals surface area (Å²) in [7, 11) is -1.90. The Labute approximate surface area is 142 Å². The van der Waals surface area contributed by atoms with Gasteiger partial charge in [0.15, 0.2) is 0 Å². The highest BCUT2D eigenvalue weighted by Gasteiger charge is 2.20. The zero-order valence-corrected chi connectivity index (χ0v) is 14.8. The van der Waals surface area contributed by atoms with Crippen LogP contribution in [0.2, 0.25) is 0 Å². The van der Waals surface area contributed by atoms with Crippen LogP contribution in [0.25, 0.3) is 0 Å². The average Bonchev–Trinajstić information content (AvgIpc) is 2.92. The highest BCUT2D eigenvalue weighted by atomic mass is 32.2. The van der Waals surface area contributed by atoms with Crippen molar-refractivity contribution in [2.75, 3.05) is 32.1 Å². The molecule has 1 aliphatic rings. The second kappa shape index (κ2) is 8.25. The van der Waals surface area contributed by atoms with Crippen LogP contribution in [-0.2, 0) is 19.6 Å². The molecule has 0 saturated carbocycles. The van der Waals surface area contributed by atoms with Gasteiger partial charge in [-0.25, -0.2) is 0 Å². The van der Waals surface area contributed by atoms with Gasteiger partial charge in [-0.3, -0.25) is 4.79 Å². The van der Waals surface area contributed by atoms with Crippen LogP contribution in [0.3, 0.4) is 0 Å². The van der Waals surface area contributed by atoms with Crippen molar-refractivity contribution in [3.63, 3.8) is 0 Å². The molecule has 1 N–H and O–H groups in total. The van der Waals surface area contributed by atoms with Gasteiger partial charge < -0.3 is 15.0 Å². The normalized spacial score (nSPS) is 16.6. The number of carbonyl (C=O) groups is 1. The molecular formula is C16H23N3O4S. The zero-order chi connectivity index (χ0) is 17.6. The molecule has 0 atom stereocenters. The van der Waals surface area contributed by atoms with Crippen molar-refractivity contribution in [3.05, 3.63) is 24.3 Å². The number of nitrogens with one attached hydrogen (secondary N) is 1. The van der Waals surface area contributed by atoms with Crippen LogP contribution in [0.4, 0.5) is 5.69 Å². The van der Waals surface area contributed by atoms with E-state index in [1.54, 1.807) is 12.1 Å². The standard InChI is InChI=1S/C16H23N3O4S/c1-3-11-23-12-16(20)17-13-6-8-14(9-7-13)24(21,22)18-15-5-4-10-19(15)2/h6-9H,3-5,10-12H2,1-2H3,(H,17,20)/b18-15-. The summed E-state index contributed by atoms with van der Waals surface area (Å²) in [5.74, 6) is 0.312. The van der Waals surface area contributed by atoms with Gasteiger partial charge in [-0.2, -0.15) is 8.42 Å². The van der Waals surface area contributed by atoms with Crippen LogP contribution in [0.5, 0.6) is 0 Å². The Kier molecular flexibility index (Phi) is 6.33. The second-order valence-electron chi connectivity index (χ2n) is 5.63. The van der Waals surface area contributed by atoms with E-state index in [2.05, 4.69) is 9.71 Å². The van der Waals surface area contributed by atoms with E-state index in [4.69, 9.17) is 4.74 Å². The van der Waals surface area contributed by atoms with Crippen LogP contribution in [-0.4, -0.2) is 51.9 Å². The Balaban J connectivity index is 2.02. The van der Waals surface area contributed by atoms with Crippen LogP contribution >= 0.6 is 0 Å². The van der Waals surface area contributed by atoms with Crippen molar-refractivity contribution >= 4 is 27.5 Å². The number of amidine groups is 1. The summed E-state index contributed by atoms with van der Waals surface area (Å²) in [4.78, 5) is 13.6. The summed E-state index contributed by atoms with van der Waals surface area (Å²) in [5.41, 5.74) is 0.518. The van der Waals surface area contributed by atoms with Crippen molar-refractivity contribution < 1.29 is 17.9 Å². The topological polar surface area (TPSA) is 88.1 Å². The molecule has 0 aliphatic carbocycles. The van der Waals surface area contributed by atoms with E-state index >= 15 is 0 Å². The predicted octanol–water partition coefficient (Wildman–Crippen LogP) is 1.86. The van der Waals surface area contributed by atoms with Gasteiger partial charge in [-0.15, -0.1) is 4.40 Å². The van der Waals surface area contributed by atoms with Gasteiger partial charge in [0, 0.05) is 32.3 Å². The molecule has 1 aliphatic heterocycles. The molecule has 1 fully saturated rings. The Morgan fingerprint density at radius 2 is 2.04 bits per heavy atom. The molecule has 1 saturated heterocycles. The van der Waals surface area contributed by atoms with E-state index in [9.17, 15) is 13.2 Å². The highest BCUT2D eigenvalue weighted by molar-refractivity contribution is 7.90. The van der Waals surface area contributed by atoms with Crippen LogP contribution in [0, 0.1) is 0 Å². The van der Waals surface area contributed by atoms with E-state index in [1.165, 1.54) is 12.1 Å². The number of rotatable bonds is 7. The summed E-state index contributed by atoms with van der Waals surface area (Å²) in [6, 6.07) is 5.97. The molecule has 1 amide bonds. The van der Waals surface area contributed by atoms with Crippen molar-refractivity contribution in [3.8, 4) is 0 Å². The fraction of sp³-hybridized carbons (Fsp3) is 0.500. The number of anilines is 1. The first-order chi connectivity index (χ1) is 11.4. The molecule has 8 heteroatoms. The maximum atomic E-state index is 12.3. The quantitative estimate of drug-likeness (QED) is 0.756. The number of amides is 1. The van der Waals surface area contributed by atoms with Crippen molar-refractivity contribution in [2.45, 2.75) is 31.1 Å². The van der Waals surface area contributed by atoms with E-state index in [0.29, 0.717) is 24.6 Å². The van der Waals surface area contributed by atoms with Gasteiger partial charge in [0.1, 0.15) is 12.4 Å². The predicted molar refractivity (Wildman–Crippen MR) is 92.7 cm³/mol. The van der Waals surface area contributed by atoms with Gasteiger partial charge in [-0.05, 0) is 37.1 Å². The fourth-order valence-corrected chi connectivity index (χ4v) is 3.41. The lowest BCUT2D eigenvalue weighted by molar-refractivity contribution is -0.120. The molecule has 0 spiro atoms. The Hall–Kier alpha value is -1.93. The third kappa shape index (κ3) is 5.04. The number of likely N-dealkylation sites (tertiary alicyclic amines) is 1. The molecule has 1 aromatic carbocycles. The average molecular weight is 353 g/mol. The van der Waals surface area contributed by atoms with Gasteiger partial charge in [-0.1, -0.05) is 6.92 Å². The number of benzene rings is 1. The second-order valence-corrected chi connectivity index (χ2v) is 7.24. The third-order valence-corrected chi connectivity index (χ3v) is 4.90. The van der Waals surface area contributed by atoms with E-state index in [-0.39, 0.29) is 17.4 Å². The molecule has 1 heterocycles. The first-order valence-electron chi connectivity index (χ1n) is 7.95.